The summed E-state index contributed by atoms with van der Waals surface area (Å²) in [5, 5.41) is 13.1. The summed E-state index contributed by atoms with van der Waals surface area (Å²) in [7, 11) is 0. The molecule has 1 heterocycles. The Kier molecular flexibility index (Phi) is 3.89. The minimum atomic E-state index is -0.779. The number of hydrogen-bond donors (Lipinski definition) is 2. The number of carbonyl (C=O) groups is 1. The fourth-order valence-electron chi connectivity index (χ4n) is 1.82. The highest BCUT2D eigenvalue weighted by Crippen LogP contribution is 2.15. The monoisotopic (exact) mass is 244 g/mol. The Balaban J connectivity index is 2.06. The second-order valence-electron chi connectivity index (χ2n) is 4.36. The fraction of sp³-hybridized carbons (Fsp3) is 0.286. The average Bonchev–Trinajstić information content (AvgIpc) is 2.38. The Morgan fingerprint density at radius 1 is 1.39 bits per heavy atom. The maximum absolute atomic E-state index is 10.7. The molecule has 1 unspecified atom stereocenters. The predicted molar refractivity (Wildman–Crippen MR) is 70.2 cm³/mol. The van der Waals surface area contributed by atoms with Crippen molar-refractivity contribution in [3.63, 3.8) is 0 Å². The first kappa shape index (κ1) is 12.5. The number of aliphatic carboxylic acids is 1. The minimum Gasteiger partial charge on any atom is -0.481 e. The molecular formula is C14H16N2O2. The van der Waals surface area contributed by atoms with E-state index in [1.165, 1.54) is 0 Å². The van der Waals surface area contributed by atoms with E-state index < -0.39 is 5.97 Å². The van der Waals surface area contributed by atoms with Gasteiger partial charge in [-0.3, -0.25) is 9.78 Å². The van der Waals surface area contributed by atoms with Gasteiger partial charge in [0, 0.05) is 24.7 Å². The molecule has 4 heteroatoms. The summed E-state index contributed by atoms with van der Waals surface area (Å²) in [6.07, 6.45) is 1.77. The molecule has 0 aliphatic rings. The van der Waals surface area contributed by atoms with E-state index in [-0.39, 0.29) is 5.92 Å². The third-order valence-corrected chi connectivity index (χ3v) is 2.90. The molecule has 1 aromatic carbocycles. The van der Waals surface area contributed by atoms with Crippen molar-refractivity contribution >= 4 is 16.9 Å². The van der Waals surface area contributed by atoms with E-state index in [0.717, 1.165) is 16.5 Å². The largest absolute Gasteiger partial charge is 0.481 e. The fourth-order valence-corrected chi connectivity index (χ4v) is 1.82. The van der Waals surface area contributed by atoms with Crippen LogP contribution in [0, 0.1) is 5.92 Å². The SMILES string of the molecule is CC(CNCc1cccc2cccnc12)C(=O)O. The maximum atomic E-state index is 10.7. The second kappa shape index (κ2) is 5.60. The van der Waals surface area contributed by atoms with Crippen molar-refractivity contribution in [3.8, 4) is 0 Å². The van der Waals surface area contributed by atoms with Crippen molar-refractivity contribution < 1.29 is 9.90 Å². The molecule has 0 bridgehead atoms. The van der Waals surface area contributed by atoms with Gasteiger partial charge < -0.3 is 10.4 Å². The van der Waals surface area contributed by atoms with Crippen LogP contribution in [-0.2, 0) is 11.3 Å². The van der Waals surface area contributed by atoms with Crippen LogP contribution in [0.25, 0.3) is 10.9 Å². The van der Waals surface area contributed by atoms with Gasteiger partial charge in [0.1, 0.15) is 0 Å². The van der Waals surface area contributed by atoms with Crippen molar-refractivity contribution in [3.05, 3.63) is 42.1 Å². The lowest BCUT2D eigenvalue weighted by Gasteiger charge is -2.09. The smallest absolute Gasteiger partial charge is 0.307 e. The van der Waals surface area contributed by atoms with Crippen molar-refractivity contribution in [2.24, 2.45) is 5.92 Å². The molecule has 0 spiro atoms. The number of fused-ring (bicyclic) bond motifs is 1. The standard InChI is InChI=1S/C14H16N2O2/c1-10(14(17)18)8-15-9-12-5-2-4-11-6-3-7-16-13(11)12/h2-7,10,15H,8-9H2,1H3,(H,17,18). The lowest BCUT2D eigenvalue weighted by atomic mass is 10.1. The maximum Gasteiger partial charge on any atom is 0.307 e. The molecule has 2 rings (SSSR count). The van der Waals surface area contributed by atoms with E-state index in [4.69, 9.17) is 5.11 Å². The molecule has 0 radical (unpaired) electrons. The van der Waals surface area contributed by atoms with Crippen LogP contribution in [0.15, 0.2) is 36.5 Å². The number of rotatable bonds is 5. The molecule has 0 amide bonds. The molecule has 1 aromatic heterocycles. The van der Waals surface area contributed by atoms with Crippen LogP contribution in [0.3, 0.4) is 0 Å². The number of nitrogens with zero attached hydrogens (tertiary/aromatic N) is 1. The molecule has 0 aliphatic heterocycles. The van der Waals surface area contributed by atoms with Gasteiger partial charge in [0.05, 0.1) is 11.4 Å². The molecular weight excluding hydrogens is 228 g/mol. The number of carboxylic acids is 1. The number of aromatic nitrogens is 1. The molecule has 2 aromatic rings. The number of pyridine rings is 1. The average molecular weight is 244 g/mol. The molecule has 18 heavy (non-hydrogen) atoms. The van der Waals surface area contributed by atoms with Gasteiger partial charge in [0.2, 0.25) is 0 Å². The van der Waals surface area contributed by atoms with E-state index in [9.17, 15) is 4.79 Å². The molecule has 0 fully saturated rings. The second-order valence-corrected chi connectivity index (χ2v) is 4.36. The lowest BCUT2D eigenvalue weighted by molar-refractivity contribution is -0.140. The van der Waals surface area contributed by atoms with E-state index in [0.29, 0.717) is 13.1 Å². The molecule has 0 saturated heterocycles. The van der Waals surface area contributed by atoms with Crippen molar-refractivity contribution in [2.45, 2.75) is 13.5 Å². The molecule has 2 N–H and O–H groups in total. The Morgan fingerprint density at radius 3 is 2.94 bits per heavy atom. The van der Waals surface area contributed by atoms with Gasteiger partial charge in [-0.1, -0.05) is 31.2 Å². The van der Waals surface area contributed by atoms with Gasteiger partial charge in [-0.15, -0.1) is 0 Å². The van der Waals surface area contributed by atoms with Crippen LogP contribution in [0.2, 0.25) is 0 Å². The molecule has 0 saturated carbocycles. The van der Waals surface area contributed by atoms with Gasteiger partial charge in [-0.05, 0) is 11.6 Å². The van der Waals surface area contributed by atoms with Crippen LogP contribution in [0.1, 0.15) is 12.5 Å². The predicted octanol–water partition coefficient (Wildman–Crippen LogP) is 2.05. The molecule has 0 aliphatic carbocycles. The third kappa shape index (κ3) is 2.84. The molecule has 4 nitrogen and oxygen atoms in total. The Labute approximate surface area is 106 Å². The summed E-state index contributed by atoms with van der Waals surface area (Å²) in [5.41, 5.74) is 2.06. The zero-order valence-electron chi connectivity index (χ0n) is 10.3. The highest BCUT2D eigenvalue weighted by Gasteiger charge is 2.10. The van der Waals surface area contributed by atoms with Gasteiger partial charge in [-0.25, -0.2) is 0 Å². The first-order valence-electron chi connectivity index (χ1n) is 5.94. The first-order chi connectivity index (χ1) is 8.68. The van der Waals surface area contributed by atoms with E-state index in [1.807, 2.05) is 30.3 Å². The number of benzene rings is 1. The Bertz CT molecular complexity index is 549. The number of nitrogens with one attached hydrogen (secondary N) is 1. The molecule has 94 valence electrons. The van der Waals surface area contributed by atoms with Crippen LogP contribution < -0.4 is 5.32 Å². The summed E-state index contributed by atoms with van der Waals surface area (Å²) in [6, 6.07) is 9.94. The van der Waals surface area contributed by atoms with Gasteiger partial charge in [0.15, 0.2) is 0 Å². The highest BCUT2D eigenvalue weighted by atomic mass is 16.4. The van der Waals surface area contributed by atoms with Gasteiger partial charge in [0.25, 0.3) is 0 Å². The van der Waals surface area contributed by atoms with E-state index >= 15 is 0 Å². The highest BCUT2D eigenvalue weighted by molar-refractivity contribution is 5.81. The zero-order valence-corrected chi connectivity index (χ0v) is 10.3. The first-order valence-corrected chi connectivity index (χ1v) is 5.94. The number of hydrogen-bond acceptors (Lipinski definition) is 3. The van der Waals surface area contributed by atoms with Crippen LogP contribution in [-0.4, -0.2) is 22.6 Å². The summed E-state index contributed by atoms with van der Waals surface area (Å²) < 4.78 is 0. The zero-order chi connectivity index (χ0) is 13.0. The quantitative estimate of drug-likeness (QED) is 0.845. The van der Waals surface area contributed by atoms with E-state index in [1.54, 1.807) is 13.1 Å². The van der Waals surface area contributed by atoms with Crippen LogP contribution in [0.5, 0.6) is 0 Å². The molecule has 1 atom stereocenters. The van der Waals surface area contributed by atoms with Gasteiger partial charge in [-0.2, -0.15) is 0 Å². The topological polar surface area (TPSA) is 62.2 Å². The summed E-state index contributed by atoms with van der Waals surface area (Å²) >= 11 is 0. The van der Waals surface area contributed by atoms with Crippen LogP contribution in [0.4, 0.5) is 0 Å². The van der Waals surface area contributed by atoms with E-state index in [2.05, 4.69) is 10.3 Å². The Morgan fingerprint density at radius 2 is 2.17 bits per heavy atom. The lowest BCUT2D eigenvalue weighted by Crippen LogP contribution is -2.26. The number of para-hydroxylation sites is 1. The Hall–Kier alpha value is -1.94. The van der Waals surface area contributed by atoms with Crippen molar-refractivity contribution in [1.29, 1.82) is 0 Å². The summed E-state index contributed by atoms with van der Waals surface area (Å²) in [4.78, 5) is 15.1. The van der Waals surface area contributed by atoms with Gasteiger partial charge >= 0.3 is 5.97 Å². The van der Waals surface area contributed by atoms with Crippen molar-refractivity contribution in [1.82, 2.24) is 10.3 Å². The number of carboxylic acid groups (broad SMARTS) is 1. The third-order valence-electron chi connectivity index (χ3n) is 2.90. The van der Waals surface area contributed by atoms with Crippen LogP contribution >= 0.6 is 0 Å². The normalized spacial score (nSPS) is 12.5. The summed E-state index contributed by atoms with van der Waals surface area (Å²) in [6.45, 7) is 2.78. The minimum absolute atomic E-state index is 0.382. The van der Waals surface area contributed by atoms with Crippen molar-refractivity contribution in [2.75, 3.05) is 6.54 Å². The summed E-state index contributed by atoms with van der Waals surface area (Å²) in [5.74, 6) is -1.16.